The molecule has 0 bridgehead atoms. The van der Waals surface area contributed by atoms with Gasteiger partial charge in [-0.25, -0.2) is 0 Å². The smallest absolute Gasteiger partial charge is 0.397 e. The van der Waals surface area contributed by atoms with Crippen molar-refractivity contribution in [1.82, 2.24) is 5.32 Å². The molecule has 9 heteroatoms. The van der Waals surface area contributed by atoms with E-state index in [0.717, 1.165) is 23.9 Å². The summed E-state index contributed by atoms with van der Waals surface area (Å²) in [6.45, 7) is 0.274. The average molecular weight is 393 g/mol. The van der Waals surface area contributed by atoms with Crippen molar-refractivity contribution < 1.29 is 22.8 Å². The van der Waals surface area contributed by atoms with Crippen molar-refractivity contribution in [3.8, 4) is 0 Å². The number of carbonyl (C=O) groups excluding carboxylic acids is 2. The summed E-state index contributed by atoms with van der Waals surface area (Å²) >= 11 is 0.810. The number of anilines is 2. The summed E-state index contributed by atoms with van der Waals surface area (Å²) in [6, 6.07) is 9.86. The number of halogens is 3. The van der Waals surface area contributed by atoms with Gasteiger partial charge in [0.1, 0.15) is 0 Å². The number of nitrogens with one attached hydrogen (secondary N) is 2. The number of hydrogen-bond donors (Lipinski definition) is 3. The highest BCUT2D eigenvalue weighted by molar-refractivity contribution is 8.18. The first-order valence-corrected chi connectivity index (χ1v) is 8.58. The molecule has 0 aromatic heterocycles. The van der Waals surface area contributed by atoms with Crippen LogP contribution in [0.25, 0.3) is 6.08 Å². The Kier molecular flexibility index (Phi) is 5.13. The van der Waals surface area contributed by atoms with E-state index in [9.17, 15) is 22.8 Å². The lowest BCUT2D eigenvalue weighted by Crippen LogP contribution is -2.17. The maximum absolute atomic E-state index is 12.6. The fourth-order valence-electron chi connectivity index (χ4n) is 2.40. The quantitative estimate of drug-likeness (QED) is 0.535. The van der Waals surface area contributed by atoms with Crippen LogP contribution in [0.3, 0.4) is 0 Å². The number of nitrogens with two attached hydrogens (primary N) is 1. The van der Waals surface area contributed by atoms with Crippen LogP contribution in [0.5, 0.6) is 0 Å². The van der Waals surface area contributed by atoms with E-state index in [-0.39, 0.29) is 11.4 Å². The van der Waals surface area contributed by atoms with E-state index in [1.165, 1.54) is 12.1 Å². The highest BCUT2D eigenvalue weighted by atomic mass is 32.2. The fraction of sp³-hybridized carbons (Fsp3) is 0.111. The molecule has 0 aliphatic carbocycles. The van der Waals surface area contributed by atoms with Crippen LogP contribution in [0.2, 0.25) is 0 Å². The molecule has 2 aromatic rings. The topological polar surface area (TPSA) is 84.2 Å². The van der Waals surface area contributed by atoms with Crippen LogP contribution in [0, 0.1) is 0 Å². The molecule has 4 N–H and O–H groups in total. The maximum atomic E-state index is 12.6. The lowest BCUT2D eigenvalue weighted by molar-refractivity contribution is -0.137. The van der Waals surface area contributed by atoms with Gasteiger partial charge in [0, 0.05) is 6.54 Å². The summed E-state index contributed by atoms with van der Waals surface area (Å²) in [5, 5.41) is 4.81. The van der Waals surface area contributed by atoms with Gasteiger partial charge in [0.25, 0.3) is 11.1 Å². The fourth-order valence-corrected chi connectivity index (χ4v) is 3.08. The van der Waals surface area contributed by atoms with Crippen LogP contribution in [0.4, 0.5) is 29.3 Å². The molecule has 1 fully saturated rings. The lowest BCUT2D eigenvalue weighted by atomic mass is 10.1. The standard InChI is InChI=1S/C18H14F3N3O2S/c19-18(20,21)12-4-1-10(2-5-12)9-23-14-7-11(3-6-13(14)22)8-15-16(25)24-17(26)27-15/h1-8,23H,9,22H2,(H,24,25,26). The van der Waals surface area contributed by atoms with Crippen molar-refractivity contribution in [3.05, 3.63) is 64.1 Å². The van der Waals surface area contributed by atoms with Crippen molar-refractivity contribution in [1.29, 1.82) is 0 Å². The summed E-state index contributed by atoms with van der Waals surface area (Å²) in [4.78, 5) is 23.1. The van der Waals surface area contributed by atoms with E-state index < -0.39 is 22.9 Å². The first-order valence-electron chi connectivity index (χ1n) is 7.77. The van der Waals surface area contributed by atoms with Gasteiger partial charge < -0.3 is 11.1 Å². The van der Waals surface area contributed by atoms with Crippen LogP contribution in [-0.4, -0.2) is 11.1 Å². The second kappa shape index (κ2) is 7.36. The van der Waals surface area contributed by atoms with Crippen LogP contribution >= 0.6 is 11.8 Å². The Morgan fingerprint density at radius 3 is 2.41 bits per heavy atom. The molecule has 1 aliphatic rings. The summed E-state index contributed by atoms with van der Waals surface area (Å²) in [5.74, 6) is -0.457. The first-order chi connectivity index (χ1) is 12.7. The number of imide groups is 1. The number of carbonyl (C=O) groups is 2. The third kappa shape index (κ3) is 4.62. The van der Waals surface area contributed by atoms with E-state index in [1.54, 1.807) is 24.3 Å². The monoisotopic (exact) mass is 393 g/mol. The summed E-state index contributed by atoms with van der Waals surface area (Å²) < 4.78 is 37.8. The molecule has 0 saturated carbocycles. The van der Waals surface area contributed by atoms with Crippen molar-refractivity contribution in [2.45, 2.75) is 12.7 Å². The molecule has 140 valence electrons. The zero-order valence-electron chi connectivity index (χ0n) is 13.8. The number of nitrogen functional groups attached to an aromatic ring is 1. The van der Waals surface area contributed by atoms with E-state index in [0.29, 0.717) is 22.5 Å². The highest BCUT2D eigenvalue weighted by Gasteiger charge is 2.29. The second-order valence-electron chi connectivity index (χ2n) is 5.75. The van der Waals surface area contributed by atoms with Crippen molar-refractivity contribution in [3.63, 3.8) is 0 Å². The Balaban J connectivity index is 1.73. The van der Waals surface area contributed by atoms with E-state index >= 15 is 0 Å². The molecule has 0 atom stereocenters. The van der Waals surface area contributed by atoms with Crippen molar-refractivity contribution in [2.75, 3.05) is 11.1 Å². The van der Waals surface area contributed by atoms with Crippen LogP contribution < -0.4 is 16.4 Å². The SMILES string of the molecule is Nc1ccc(C=C2SC(=O)NC2=O)cc1NCc1ccc(C(F)(F)F)cc1. The maximum Gasteiger partial charge on any atom is 0.416 e. The van der Waals surface area contributed by atoms with Gasteiger partial charge in [-0.1, -0.05) is 18.2 Å². The van der Waals surface area contributed by atoms with Gasteiger partial charge in [0.2, 0.25) is 0 Å². The molecule has 0 radical (unpaired) electrons. The predicted octanol–water partition coefficient (Wildman–Crippen LogP) is 4.22. The van der Waals surface area contributed by atoms with E-state index in [4.69, 9.17) is 5.73 Å². The number of thioether (sulfide) groups is 1. The molecule has 3 rings (SSSR count). The molecule has 0 spiro atoms. The molecule has 2 amide bonds. The van der Waals surface area contributed by atoms with Crippen molar-refractivity contribution >= 4 is 40.4 Å². The average Bonchev–Trinajstić information content (AvgIpc) is 2.92. The van der Waals surface area contributed by atoms with Crippen LogP contribution in [-0.2, 0) is 17.5 Å². The third-order valence-electron chi connectivity index (χ3n) is 3.78. The number of hydrogen-bond acceptors (Lipinski definition) is 5. The number of benzene rings is 2. The summed E-state index contributed by atoms with van der Waals surface area (Å²) in [7, 11) is 0. The Bertz CT molecular complexity index is 924. The molecule has 5 nitrogen and oxygen atoms in total. The Labute approximate surface area is 156 Å². The van der Waals surface area contributed by atoms with Crippen LogP contribution in [0.15, 0.2) is 47.4 Å². The minimum atomic E-state index is -4.37. The normalized spacial score (nSPS) is 15.9. The summed E-state index contributed by atoms with van der Waals surface area (Å²) in [5.41, 5.74) is 7.54. The molecule has 1 saturated heterocycles. The van der Waals surface area contributed by atoms with Gasteiger partial charge in [-0.2, -0.15) is 13.2 Å². The van der Waals surface area contributed by atoms with Crippen LogP contribution in [0.1, 0.15) is 16.7 Å². The molecule has 0 unspecified atom stereocenters. The van der Waals surface area contributed by atoms with Gasteiger partial charge in [-0.05, 0) is 53.2 Å². The van der Waals surface area contributed by atoms with Gasteiger partial charge in [-0.3, -0.25) is 14.9 Å². The second-order valence-corrected chi connectivity index (χ2v) is 6.76. The van der Waals surface area contributed by atoms with Gasteiger partial charge >= 0.3 is 6.18 Å². The largest absolute Gasteiger partial charge is 0.416 e. The number of amides is 2. The molecule has 1 heterocycles. The third-order valence-corrected chi connectivity index (χ3v) is 4.59. The zero-order valence-corrected chi connectivity index (χ0v) is 14.6. The Morgan fingerprint density at radius 2 is 1.81 bits per heavy atom. The number of alkyl halides is 3. The molecule has 2 aromatic carbocycles. The number of rotatable bonds is 4. The molecular weight excluding hydrogens is 379 g/mol. The van der Waals surface area contributed by atoms with Gasteiger partial charge in [0.05, 0.1) is 21.8 Å². The lowest BCUT2D eigenvalue weighted by Gasteiger charge is -2.12. The van der Waals surface area contributed by atoms with Crippen molar-refractivity contribution in [2.24, 2.45) is 0 Å². The zero-order chi connectivity index (χ0) is 19.6. The molecular formula is C18H14F3N3O2S. The minimum absolute atomic E-state index is 0.274. The minimum Gasteiger partial charge on any atom is -0.397 e. The van der Waals surface area contributed by atoms with E-state index in [2.05, 4.69) is 10.6 Å². The van der Waals surface area contributed by atoms with Gasteiger partial charge in [0.15, 0.2) is 0 Å². The predicted molar refractivity (Wildman–Crippen MR) is 98.7 cm³/mol. The molecule has 1 aliphatic heterocycles. The summed E-state index contributed by atoms with van der Waals surface area (Å²) in [6.07, 6.45) is -2.81. The Hall–Kier alpha value is -2.94. The van der Waals surface area contributed by atoms with E-state index in [1.807, 2.05) is 0 Å². The Morgan fingerprint density at radius 1 is 1.11 bits per heavy atom. The van der Waals surface area contributed by atoms with Gasteiger partial charge in [-0.15, -0.1) is 0 Å². The highest BCUT2D eigenvalue weighted by Crippen LogP contribution is 2.30. The first kappa shape index (κ1) is 18.8. The molecule has 27 heavy (non-hydrogen) atoms.